The van der Waals surface area contributed by atoms with Gasteiger partial charge in [0.05, 0.1) is 0 Å². The fourth-order valence-electron chi connectivity index (χ4n) is 3.34. The van der Waals surface area contributed by atoms with E-state index in [2.05, 4.69) is 5.32 Å². The van der Waals surface area contributed by atoms with Crippen molar-refractivity contribution in [1.82, 2.24) is 5.32 Å². The Balaban J connectivity index is 1.70. The van der Waals surface area contributed by atoms with Gasteiger partial charge in [0.25, 0.3) is 0 Å². The molecule has 2 rings (SSSR count). The van der Waals surface area contributed by atoms with Gasteiger partial charge in [-0.15, -0.1) is 0 Å². The second-order valence-corrected chi connectivity index (χ2v) is 5.78. The summed E-state index contributed by atoms with van der Waals surface area (Å²) >= 11 is 0. The maximum absolute atomic E-state index is 12.1. The van der Waals surface area contributed by atoms with E-state index in [4.69, 9.17) is 5.73 Å². The predicted octanol–water partition coefficient (Wildman–Crippen LogP) is 2.20. The van der Waals surface area contributed by atoms with Gasteiger partial charge in [0, 0.05) is 12.0 Å². The average Bonchev–Trinajstić information content (AvgIpc) is 2.83. The summed E-state index contributed by atoms with van der Waals surface area (Å²) in [6, 6.07) is 0.476. The molecule has 2 saturated carbocycles. The van der Waals surface area contributed by atoms with Gasteiger partial charge in [-0.1, -0.05) is 12.8 Å². The van der Waals surface area contributed by atoms with Gasteiger partial charge in [0.2, 0.25) is 5.91 Å². The number of nitrogens with two attached hydrogens (primary N) is 1. The Hall–Kier alpha value is -0.570. The van der Waals surface area contributed by atoms with E-state index in [9.17, 15) is 4.79 Å². The van der Waals surface area contributed by atoms with Crippen LogP contribution < -0.4 is 11.1 Å². The molecule has 2 aliphatic carbocycles. The van der Waals surface area contributed by atoms with Crippen molar-refractivity contribution >= 4 is 5.91 Å². The molecule has 0 aromatic rings. The van der Waals surface area contributed by atoms with E-state index in [1.54, 1.807) is 0 Å². The third-order valence-corrected chi connectivity index (χ3v) is 4.49. The Morgan fingerprint density at radius 1 is 1.06 bits per heavy atom. The maximum atomic E-state index is 12.1. The molecule has 17 heavy (non-hydrogen) atoms. The van der Waals surface area contributed by atoms with Crippen LogP contribution in [0.25, 0.3) is 0 Å². The van der Waals surface area contributed by atoms with E-state index < -0.39 is 0 Å². The first-order chi connectivity index (χ1) is 8.29. The smallest absolute Gasteiger partial charge is 0.223 e. The molecule has 0 atom stereocenters. The molecule has 0 unspecified atom stereocenters. The van der Waals surface area contributed by atoms with E-state index in [0.717, 1.165) is 31.7 Å². The van der Waals surface area contributed by atoms with Crippen LogP contribution in [0.3, 0.4) is 0 Å². The van der Waals surface area contributed by atoms with Crippen LogP contribution in [-0.4, -0.2) is 18.5 Å². The van der Waals surface area contributed by atoms with Gasteiger partial charge in [0.15, 0.2) is 0 Å². The zero-order chi connectivity index (χ0) is 12.1. The number of nitrogens with one attached hydrogen (secondary N) is 1. The van der Waals surface area contributed by atoms with Crippen LogP contribution in [0.1, 0.15) is 57.8 Å². The highest BCUT2D eigenvalue weighted by atomic mass is 16.1. The fourth-order valence-corrected chi connectivity index (χ4v) is 3.34. The van der Waals surface area contributed by atoms with Crippen molar-refractivity contribution in [3.63, 3.8) is 0 Å². The lowest BCUT2D eigenvalue weighted by Crippen LogP contribution is -2.38. The highest BCUT2D eigenvalue weighted by molar-refractivity contribution is 5.79. The van der Waals surface area contributed by atoms with E-state index in [1.807, 2.05) is 0 Å². The SMILES string of the molecule is NCCC1CCC(C(=O)NC2CCCC2)CC1. The molecule has 98 valence electrons. The van der Waals surface area contributed by atoms with Crippen molar-refractivity contribution < 1.29 is 4.79 Å². The summed E-state index contributed by atoms with van der Waals surface area (Å²) in [7, 11) is 0. The van der Waals surface area contributed by atoms with Crippen LogP contribution in [0.4, 0.5) is 0 Å². The lowest BCUT2D eigenvalue weighted by molar-refractivity contribution is -0.126. The van der Waals surface area contributed by atoms with E-state index >= 15 is 0 Å². The Kier molecular flexibility index (Phi) is 4.84. The molecular formula is C14H26N2O. The molecule has 0 saturated heterocycles. The second-order valence-electron chi connectivity index (χ2n) is 5.78. The third kappa shape index (κ3) is 3.70. The van der Waals surface area contributed by atoms with Crippen molar-refractivity contribution in [1.29, 1.82) is 0 Å². The van der Waals surface area contributed by atoms with Crippen LogP contribution in [0.2, 0.25) is 0 Å². The summed E-state index contributed by atoms with van der Waals surface area (Å²) in [4.78, 5) is 12.1. The first kappa shape index (κ1) is 12.9. The summed E-state index contributed by atoms with van der Waals surface area (Å²) in [5.74, 6) is 1.38. The normalized spacial score (nSPS) is 30.4. The van der Waals surface area contributed by atoms with Crippen molar-refractivity contribution in [2.45, 2.75) is 63.8 Å². The van der Waals surface area contributed by atoms with Gasteiger partial charge >= 0.3 is 0 Å². The van der Waals surface area contributed by atoms with Crippen LogP contribution in [0.5, 0.6) is 0 Å². The number of amides is 1. The highest BCUT2D eigenvalue weighted by Crippen LogP contribution is 2.31. The van der Waals surface area contributed by atoms with Gasteiger partial charge in [-0.05, 0) is 57.4 Å². The summed E-state index contributed by atoms with van der Waals surface area (Å²) in [5, 5.41) is 3.23. The Bertz CT molecular complexity index is 241. The fraction of sp³-hybridized carbons (Fsp3) is 0.929. The lowest BCUT2D eigenvalue weighted by atomic mass is 9.80. The standard InChI is InChI=1S/C14H26N2O/c15-10-9-11-5-7-12(8-6-11)14(17)16-13-3-1-2-4-13/h11-13H,1-10,15H2,(H,16,17). The second kappa shape index (κ2) is 6.39. The monoisotopic (exact) mass is 238 g/mol. The van der Waals surface area contributed by atoms with Gasteiger partial charge in [0.1, 0.15) is 0 Å². The highest BCUT2D eigenvalue weighted by Gasteiger charge is 2.27. The Labute approximate surface area is 105 Å². The van der Waals surface area contributed by atoms with E-state index in [-0.39, 0.29) is 5.92 Å². The van der Waals surface area contributed by atoms with Crippen molar-refractivity contribution in [2.24, 2.45) is 17.6 Å². The minimum Gasteiger partial charge on any atom is -0.353 e. The minimum absolute atomic E-state index is 0.282. The molecule has 0 heterocycles. The molecule has 1 amide bonds. The zero-order valence-corrected chi connectivity index (χ0v) is 10.8. The predicted molar refractivity (Wildman–Crippen MR) is 69.5 cm³/mol. The maximum Gasteiger partial charge on any atom is 0.223 e. The first-order valence-electron chi connectivity index (χ1n) is 7.30. The summed E-state index contributed by atoms with van der Waals surface area (Å²) in [6.45, 7) is 0.795. The quantitative estimate of drug-likeness (QED) is 0.789. The number of hydrogen-bond acceptors (Lipinski definition) is 2. The number of hydrogen-bond donors (Lipinski definition) is 2. The third-order valence-electron chi connectivity index (χ3n) is 4.49. The van der Waals surface area contributed by atoms with Crippen LogP contribution >= 0.6 is 0 Å². The van der Waals surface area contributed by atoms with Gasteiger partial charge < -0.3 is 11.1 Å². The van der Waals surface area contributed by atoms with Crippen LogP contribution in [0.15, 0.2) is 0 Å². The number of rotatable bonds is 4. The van der Waals surface area contributed by atoms with E-state index in [0.29, 0.717) is 11.9 Å². The topological polar surface area (TPSA) is 55.1 Å². The summed E-state index contributed by atoms with van der Waals surface area (Å²) in [5.41, 5.74) is 5.58. The molecule has 0 aromatic carbocycles. The average molecular weight is 238 g/mol. The molecule has 0 aliphatic heterocycles. The molecule has 0 aromatic heterocycles. The molecule has 0 bridgehead atoms. The largest absolute Gasteiger partial charge is 0.353 e. The van der Waals surface area contributed by atoms with Crippen LogP contribution in [-0.2, 0) is 4.79 Å². The Morgan fingerprint density at radius 3 is 2.29 bits per heavy atom. The zero-order valence-electron chi connectivity index (χ0n) is 10.8. The molecule has 3 N–H and O–H groups in total. The van der Waals surface area contributed by atoms with Gasteiger partial charge in [-0.3, -0.25) is 4.79 Å². The molecular weight excluding hydrogens is 212 g/mol. The van der Waals surface area contributed by atoms with Crippen molar-refractivity contribution in [3.8, 4) is 0 Å². The van der Waals surface area contributed by atoms with E-state index in [1.165, 1.54) is 38.5 Å². The number of carbonyl (C=O) groups is 1. The molecule has 3 heteroatoms. The molecule has 2 aliphatic rings. The molecule has 0 spiro atoms. The minimum atomic E-state index is 0.282. The summed E-state index contributed by atoms with van der Waals surface area (Å²) in [6.07, 6.45) is 10.6. The molecule has 0 radical (unpaired) electrons. The van der Waals surface area contributed by atoms with Gasteiger partial charge in [-0.2, -0.15) is 0 Å². The lowest BCUT2D eigenvalue weighted by Gasteiger charge is -2.28. The first-order valence-corrected chi connectivity index (χ1v) is 7.30. The van der Waals surface area contributed by atoms with Crippen LogP contribution in [0, 0.1) is 11.8 Å². The summed E-state index contributed by atoms with van der Waals surface area (Å²) < 4.78 is 0. The number of carbonyl (C=O) groups excluding carboxylic acids is 1. The molecule has 2 fully saturated rings. The Morgan fingerprint density at radius 2 is 1.71 bits per heavy atom. The van der Waals surface area contributed by atoms with Crippen molar-refractivity contribution in [2.75, 3.05) is 6.54 Å². The van der Waals surface area contributed by atoms with Gasteiger partial charge in [-0.25, -0.2) is 0 Å². The molecule has 3 nitrogen and oxygen atoms in total. The van der Waals surface area contributed by atoms with Crippen molar-refractivity contribution in [3.05, 3.63) is 0 Å².